The van der Waals surface area contributed by atoms with Gasteiger partial charge in [-0.25, -0.2) is 4.98 Å². The van der Waals surface area contributed by atoms with Crippen molar-refractivity contribution in [1.29, 1.82) is 0 Å². The maximum atomic E-state index is 5.21. The molecule has 5 heteroatoms. The minimum atomic E-state index is 0.238. The van der Waals surface area contributed by atoms with Crippen molar-refractivity contribution in [2.45, 2.75) is 33.4 Å². The van der Waals surface area contributed by atoms with Crippen LogP contribution in [0.2, 0.25) is 0 Å². The lowest BCUT2D eigenvalue weighted by Gasteiger charge is -2.11. The summed E-state index contributed by atoms with van der Waals surface area (Å²) in [4.78, 5) is 5.64. The number of hydrogen-bond acceptors (Lipinski definition) is 4. The van der Waals surface area contributed by atoms with Gasteiger partial charge in [0.1, 0.15) is 0 Å². The molecule has 0 radical (unpaired) electrons. The summed E-state index contributed by atoms with van der Waals surface area (Å²) in [6.07, 6.45) is 0.238. The van der Waals surface area contributed by atoms with Crippen LogP contribution in [0.5, 0.6) is 0 Å². The quantitative estimate of drug-likeness (QED) is 0.887. The molecule has 2 rings (SSSR count). The lowest BCUT2D eigenvalue weighted by atomic mass is 10.3. The number of methoxy groups -OCH3 is 1. The molecule has 2 aromatic heterocycles. The van der Waals surface area contributed by atoms with Crippen molar-refractivity contribution in [2.75, 3.05) is 13.7 Å². The van der Waals surface area contributed by atoms with Gasteiger partial charge in [0.05, 0.1) is 17.5 Å². The van der Waals surface area contributed by atoms with Gasteiger partial charge in [-0.3, -0.25) is 4.40 Å². The molecule has 0 saturated heterocycles. The highest BCUT2D eigenvalue weighted by Gasteiger charge is 2.11. The fourth-order valence-electron chi connectivity index (χ4n) is 1.85. The van der Waals surface area contributed by atoms with Gasteiger partial charge in [-0.2, -0.15) is 0 Å². The first-order valence-corrected chi connectivity index (χ1v) is 6.67. The largest absolute Gasteiger partial charge is 0.380 e. The summed E-state index contributed by atoms with van der Waals surface area (Å²) < 4.78 is 7.44. The molecule has 0 fully saturated rings. The van der Waals surface area contributed by atoms with E-state index in [1.54, 1.807) is 18.4 Å². The third kappa shape index (κ3) is 2.51. The highest BCUT2D eigenvalue weighted by atomic mass is 32.1. The normalized spacial score (nSPS) is 13.4. The number of imidazole rings is 1. The second kappa shape index (κ2) is 5.16. The Bertz CT molecular complexity index is 503. The molecule has 1 atom stereocenters. The Morgan fingerprint density at radius 3 is 3.00 bits per heavy atom. The number of nitrogens with one attached hydrogen (secondary N) is 1. The van der Waals surface area contributed by atoms with E-state index in [2.05, 4.69) is 40.9 Å². The van der Waals surface area contributed by atoms with E-state index in [1.807, 2.05) is 0 Å². The zero-order valence-electron chi connectivity index (χ0n) is 10.8. The number of nitrogens with zero attached hydrogens (tertiary/aromatic N) is 2. The van der Waals surface area contributed by atoms with Crippen molar-refractivity contribution < 1.29 is 4.74 Å². The molecule has 2 heterocycles. The zero-order valence-corrected chi connectivity index (χ0v) is 11.6. The van der Waals surface area contributed by atoms with E-state index in [-0.39, 0.29) is 6.10 Å². The number of hydrogen-bond donors (Lipinski definition) is 1. The summed E-state index contributed by atoms with van der Waals surface area (Å²) in [5.41, 5.74) is 3.61. The fourth-order valence-corrected chi connectivity index (χ4v) is 2.78. The summed E-state index contributed by atoms with van der Waals surface area (Å²) >= 11 is 1.69. The van der Waals surface area contributed by atoms with Crippen LogP contribution >= 0.6 is 11.3 Å². The predicted octanol–water partition coefficient (Wildman–Crippen LogP) is 2.14. The van der Waals surface area contributed by atoms with Gasteiger partial charge in [-0.05, 0) is 20.8 Å². The minimum Gasteiger partial charge on any atom is -0.380 e. The van der Waals surface area contributed by atoms with Crippen LogP contribution in [0.15, 0.2) is 5.38 Å². The molecule has 0 aliphatic heterocycles. The molecule has 94 valence electrons. The van der Waals surface area contributed by atoms with Crippen LogP contribution in [0.4, 0.5) is 0 Å². The molecule has 17 heavy (non-hydrogen) atoms. The summed E-state index contributed by atoms with van der Waals surface area (Å²) in [6, 6.07) is 0. The Hall–Kier alpha value is -0.910. The highest BCUT2D eigenvalue weighted by Crippen LogP contribution is 2.20. The van der Waals surface area contributed by atoms with Crippen molar-refractivity contribution in [1.82, 2.24) is 14.7 Å². The van der Waals surface area contributed by atoms with Crippen LogP contribution in [0, 0.1) is 13.8 Å². The smallest absolute Gasteiger partial charge is 0.194 e. The van der Waals surface area contributed by atoms with Crippen molar-refractivity contribution in [3.8, 4) is 0 Å². The van der Waals surface area contributed by atoms with Gasteiger partial charge in [0.25, 0.3) is 0 Å². The van der Waals surface area contributed by atoms with Gasteiger partial charge < -0.3 is 10.1 Å². The summed E-state index contributed by atoms with van der Waals surface area (Å²) in [7, 11) is 1.73. The van der Waals surface area contributed by atoms with Gasteiger partial charge in [-0.15, -0.1) is 11.3 Å². The van der Waals surface area contributed by atoms with Gasteiger partial charge in [0.2, 0.25) is 0 Å². The minimum absolute atomic E-state index is 0.238. The monoisotopic (exact) mass is 253 g/mol. The molecule has 0 aliphatic carbocycles. The van der Waals surface area contributed by atoms with Crippen molar-refractivity contribution in [2.24, 2.45) is 0 Å². The van der Waals surface area contributed by atoms with Crippen LogP contribution < -0.4 is 5.32 Å². The van der Waals surface area contributed by atoms with E-state index in [1.165, 1.54) is 11.4 Å². The first-order valence-electron chi connectivity index (χ1n) is 5.79. The Labute approximate surface area is 106 Å². The standard InChI is InChI=1S/C12H19N3OS/c1-8-7-17-12-14-10(3)11(15(8)12)6-13-5-9(2)16-4/h7,9,13H,5-6H2,1-4H3. The number of ether oxygens (including phenoxy) is 1. The second-order valence-electron chi connectivity index (χ2n) is 4.32. The van der Waals surface area contributed by atoms with Crippen LogP contribution in [-0.2, 0) is 11.3 Å². The third-order valence-electron chi connectivity index (χ3n) is 2.96. The number of thiazole rings is 1. The molecule has 0 saturated carbocycles. The van der Waals surface area contributed by atoms with E-state index < -0.39 is 0 Å². The van der Waals surface area contributed by atoms with Crippen molar-refractivity contribution in [3.63, 3.8) is 0 Å². The molecular formula is C12H19N3OS. The van der Waals surface area contributed by atoms with Crippen LogP contribution in [-0.4, -0.2) is 29.1 Å². The summed E-state index contributed by atoms with van der Waals surface area (Å²) in [5.74, 6) is 0. The Morgan fingerprint density at radius 1 is 1.53 bits per heavy atom. The van der Waals surface area contributed by atoms with Gasteiger partial charge in [0.15, 0.2) is 4.96 Å². The average Bonchev–Trinajstić information content (AvgIpc) is 2.80. The first kappa shape index (κ1) is 12.5. The molecule has 1 unspecified atom stereocenters. The number of fused-ring (bicyclic) bond motifs is 1. The Balaban J connectivity index is 2.12. The van der Waals surface area contributed by atoms with E-state index in [4.69, 9.17) is 4.74 Å². The lowest BCUT2D eigenvalue weighted by molar-refractivity contribution is 0.117. The van der Waals surface area contributed by atoms with Crippen LogP contribution in [0.25, 0.3) is 4.96 Å². The Morgan fingerprint density at radius 2 is 2.29 bits per heavy atom. The van der Waals surface area contributed by atoms with Gasteiger partial charge >= 0.3 is 0 Å². The molecule has 2 aromatic rings. The SMILES string of the molecule is COC(C)CNCc1c(C)nc2scc(C)n12. The molecule has 4 nitrogen and oxygen atoms in total. The Kier molecular flexibility index (Phi) is 3.81. The second-order valence-corrected chi connectivity index (χ2v) is 5.15. The number of aromatic nitrogens is 2. The summed E-state index contributed by atoms with van der Waals surface area (Å²) in [6.45, 7) is 7.92. The third-order valence-corrected chi connectivity index (χ3v) is 3.90. The summed E-state index contributed by atoms with van der Waals surface area (Å²) in [5, 5.41) is 5.55. The van der Waals surface area contributed by atoms with Crippen LogP contribution in [0.1, 0.15) is 24.0 Å². The van der Waals surface area contributed by atoms with E-state index >= 15 is 0 Å². The molecular weight excluding hydrogens is 234 g/mol. The average molecular weight is 253 g/mol. The number of rotatable bonds is 5. The zero-order chi connectivity index (χ0) is 12.4. The fraction of sp³-hybridized carbons (Fsp3) is 0.583. The van der Waals surface area contributed by atoms with E-state index in [9.17, 15) is 0 Å². The first-order chi connectivity index (χ1) is 8.13. The number of aryl methyl sites for hydroxylation is 2. The van der Waals surface area contributed by atoms with Gasteiger partial charge in [0, 0.05) is 31.3 Å². The van der Waals surface area contributed by atoms with Gasteiger partial charge in [-0.1, -0.05) is 0 Å². The molecule has 0 amide bonds. The molecule has 0 spiro atoms. The van der Waals surface area contributed by atoms with Crippen molar-refractivity contribution >= 4 is 16.3 Å². The molecule has 0 aliphatic rings. The highest BCUT2D eigenvalue weighted by molar-refractivity contribution is 7.15. The maximum absolute atomic E-state index is 5.21. The topological polar surface area (TPSA) is 38.6 Å². The molecule has 0 bridgehead atoms. The van der Waals surface area contributed by atoms with E-state index in [0.29, 0.717) is 0 Å². The molecule has 1 N–H and O–H groups in total. The molecule has 0 aromatic carbocycles. The predicted molar refractivity (Wildman–Crippen MR) is 70.7 cm³/mol. The lowest BCUT2D eigenvalue weighted by Crippen LogP contribution is -2.26. The van der Waals surface area contributed by atoms with E-state index in [0.717, 1.165) is 23.7 Å². The van der Waals surface area contributed by atoms with Crippen molar-refractivity contribution in [3.05, 3.63) is 22.5 Å². The maximum Gasteiger partial charge on any atom is 0.194 e. The van der Waals surface area contributed by atoms with Crippen LogP contribution in [0.3, 0.4) is 0 Å².